The van der Waals surface area contributed by atoms with Gasteiger partial charge >= 0.3 is 19.8 Å². The topological polar surface area (TPSA) is 129 Å². The Balaban J connectivity index is 4.55. The van der Waals surface area contributed by atoms with Crippen molar-refractivity contribution in [1.82, 2.24) is 0 Å². The van der Waals surface area contributed by atoms with Crippen LogP contribution in [0.4, 0.5) is 0 Å². The van der Waals surface area contributed by atoms with Crippen molar-refractivity contribution in [3.63, 3.8) is 0 Å². The van der Waals surface area contributed by atoms with Crippen molar-refractivity contribution in [2.24, 2.45) is 0 Å². The lowest BCUT2D eigenvalue weighted by Crippen LogP contribution is -2.37. The number of ether oxygens (including phenoxy) is 2. The van der Waals surface area contributed by atoms with Gasteiger partial charge < -0.3 is 24.0 Å². The van der Waals surface area contributed by atoms with E-state index in [-0.39, 0.29) is 26.1 Å². The molecule has 0 aromatic rings. The minimum Gasteiger partial charge on any atom is -0.462 e. The Hall–Kier alpha value is -2.33. The fourth-order valence-electron chi connectivity index (χ4n) is 5.55. The monoisotopic (exact) mass is 825 g/mol. The molecule has 0 heterocycles. The van der Waals surface area contributed by atoms with Gasteiger partial charge in [0.15, 0.2) is 6.10 Å². The number of esters is 2. The van der Waals surface area contributed by atoms with Gasteiger partial charge in [-0.3, -0.25) is 18.6 Å². The number of phosphoric ester groups is 1. The summed E-state index contributed by atoms with van der Waals surface area (Å²) >= 11 is 0. The number of hydrogen-bond acceptors (Lipinski definition) is 8. The minimum absolute atomic E-state index is 0.00643. The van der Waals surface area contributed by atoms with Crippen LogP contribution in [0.3, 0.4) is 0 Å². The van der Waals surface area contributed by atoms with Crippen molar-refractivity contribution in [2.45, 2.75) is 174 Å². The van der Waals surface area contributed by atoms with Crippen LogP contribution in [-0.2, 0) is 32.7 Å². The highest BCUT2D eigenvalue weighted by Gasteiger charge is 2.27. The first-order chi connectivity index (χ1) is 27.4. The fourth-order valence-corrected chi connectivity index (χ4v) is 6.29. The smallest absolute Gasteiger partial charge is 0.462 e. The Morgan fingerprint density at radius 3 is 1.84 bits per heavy atom. The number of phosphoric acid groups is 1. The van der Waals surface area contributed by atoms with Crippen LogP contribution in [0.1, 0.15) is 162 Å². The molecule has 0 aliphatic carbocycles. The minimum atomic E-state index is -4.41. The maximum absolute atomic E-state index is 12.7. The first-order valence-electron chi connectivity index (χ1n) is 22.1. The summed E-state index contributed by atoms with van der Waals surface area (Å²) in [6, 6.07) is 0. The fraction of sp³-hybridized carbons (Fsp3) is 0.739. The van der Waals surface area contributed by atoms with E-state index >= 15 is 0 Å². The quantitative estimate of drug-likeness (QED) is 0.0155. The third-order valence-electron chi connectivity index (χ3n) is 9.10. The number of quaternary nitrogens is 1. The molecule has 0 saturated heterocycles. The lowest BCUT2D eigenvalue weighted by atomic mass is 10.1. The molecule has 2 N–H and O–H groups in total. The largest absolute Gasteiger partial charge is 0.472 e. The molecule has 0 aliphatic heterocycles. The van der Waals surface area contributed by atoms with Crippen molar-refractivity contribution in [2.75, 3.05) is 47.5 Å². The number of aliphatic hydroxyl groups is 1. The summed E-state index contributed by atoms with van der Waals surface area (Å²) in [4.78, 5) is 35.3. The van der Waals surface area contributed by atoms with E-state index in [2.05, 4.69) is 44.2 Å². The molecule has 0 aliphatic rings. The molecule has 0 fully saturated rings. The second-order valence-electron chi connectivity index (χ2n) is 15.9. The molecule has 0 amide bonds. The van der Waals surface area contributed by atoms with Gasteiger partial charge in [-0.1, -0.05) is 139 Å². The van der Waals surface area contributed by atoms with Crippen molar-refractivity contribution >= 4 is 19.8 Å². The van der Waals surface area contributed by atoms with Crippen LogP contribution in [0.25, 0.3) is 0 Å². The van der Waals surface area contributed by atoms with E-state index in [1.807, 2.05) is 39.4 Å². The number of likely N-dealkylation sites (N-methyl/N-ethyl adjacent to an activating group) is 1. The molecular weight excluding hydrogens is 741 g/mol. The van der Waals surface area contributed by atoms with E-state index in [1.165, 1.54) is 70.6 Å². The third-order valence-corrected chi connectivity index (χ3v) is 10.1. The molecule has 330 valence electrons. The number of hydrogen-bond donors (Lipinski definition) is 2. The Bertz CT molecular complexity index is 1170. The molecule has 0 bridgehead atoms. The summed E-state index contributed by atoms with van der Waals surface area (Å²) in [7, 11) is 1.39. The van der Waals surface area contributed by atoms with Crippen LogP contribution >= 0.6 is 7.82 Å². The zero-order chi connectivity index (χ0) is 42.3. The lowest BCUT2D eigenvalue weighted by Gasteiger charge is -2.24. The van der Waals surface area contributed by atoms with Crippen LogP contribution in [0.5, 0.6) is 0 Å². The molecule has 57 heavy (non-hydrogen) atoms. The molecule has 0 saturated carbocycles. The first-order valence-corrected chi connectivity index (χ1v) is 23.6. The molecule has 0 aromatic heterocycles. The first kappa shape index (κ1) is 54.7. The van der Waals surface area contributed by atoms with Gasteiger partial charge in [0.05, 0.1) is 33.9 Å². The van der Waals surface area contributed by atoms with Gasteiger partial charge in [0.1, 0.15) is 19.8 Å². The van der Waals surface area contributed by atoms with Gasteiger partial charge in [-0.25, -0.2) is 4.57 Å². The second kappa shape index (κ2) is 37.9. The van der Waals surface area contributed by atoms with E-state index in [1.54, 1.807) is 12.2 Å². The van der Waals surface area contributed by atoms with Crippen molar-refractivity contribution in [3.8, 4) is 0 Å². The number of rotatable bonds is 39. The van der Waals surface area contributed by atoms with E-state index in [4.69, 9.17) is 18.5 Å². The standard InChI is InChI=1S/C46H82NO9P/c1-6-8-10-12-14-16-17-18-19-20-21-23-25-29-34-38-46(50)56-44(42-55-57(51,52)54-40-39-47(3,4)5)41-53-45(49)37-33-30-26-28-32-36-43(48)35-31-27-24-22-15-13-11-9-7-2/h15-17,22,26-28,31-32,36,43-44,48H,6-14,18-21,23-25,29-30,33-35,37-42H2,1-5H3/p+1/b17-16-,22-15-,28-26+,31-27-,36-32-/t43?,44-/m1/s1. The summed E-state index contributed by atoms with van der Waals surface area (Å²) in [6.45, 7) is 4.19. The van der Waals surface area contributed by atoms with E-state index in [9.17, 15) is 24.2 Å². The summed E-state index contributed by atoms with van der Waals surface area (Å²) in [6.07, 6.45) is 41.5. The summed E-state index contributed by atoms with van der Waals surface area (Å²) < 4.78 is 34.2. The predicted molar refractivity (Wildman–Crippen MR) is 235 cm³/mol. The zero-order valence-electron chi connectivity index (χ0n) is 36.7. The lowest BCUT2D eigenvalue weighted by molar-refractivity contribution is -0.870. The number of allylic oxidation sites excluding steroid dienone is 8. The maximum Gasteiger partial charge on any atom is 0.472 e. The SMILES string of the molecule is CCCCC/C=C\C/C=C\CC(O)/C=C\C=C\CCCC(=O)OC[C@H](COP(=O)(O)OCC[N+](C)(C)C)OC(=O)CCCCCCCCC/C=C\CCCCCC. The molecule has 11 heteroatoms. The number of carbonyl (C=O) groups is 2. The second-order valence-corrected chi connectivity index (χ2v) is 17.4. The Morgan fingerprint density at radius 2 is 1.18 bits per heavy atom. The summed E-state index contributed by atoms with van der Waals surface area (Å²) in [5.74, 6) is -0.938. The molecule has 3 atom stereocenters. The molecule has 0 aromatic carbocycles. The molecule has 0 radical (unpaired) electrons. The number of unbranched alkanes of at least 4 members (excludes halogenated alkanes) is 15. The molecule has 0 rings (SSSR count). The number of carbonyl (C=O) groups excluding carboxylic acids is 2. The Labute approximate surface area is 348 Å². The molecule has 0 spiro atoms. The van der Waals surface area contributed by atoms with Crippen LogP contribution in [0, 0.1) is 0 Å². The highest BCUT2D eigenvalue weighted by Crippen LogP contribution is 2.43. The average Bonchev–Trinajstić information content (AvgIpc) is 3.15. The van der Waals surface area contributed by atoms with Crippen LogP contribution in [-0.4, -0.2) is 86.1 Å². The van der Waals surface area contributed by atoms with Crippen LogP contribution in [0.2, 0.25) is 0 Å². The van der Waals surface area contributed by atoms with Gasteiger partial charge in [-0.05, 0) is 70.6 Å². The number of aliphatic hydroxyl groups excluding tert-OH is 1. The third kappa shape index (κ3) is 41.6. The summed E-state index contributed by atoms with van der Waals surface area (Å²) in [5.41, 5.74) is 0. The van der Waals surface area contributed by atoms with Crippen molar-refractivity contribution in [3.05, 3.63) is 60.8 Å². The molecular formula is C46H83NO9P+. The maximum atomic E-state index is 12.7. The highest BCUT2D eigenvalue weighted by atomic mass is 31.2. The van der Waals surface area contributed by atoms with E-state index in [0.29, 0.717) is 36.7 Å². The van der Waals surface area contributed by atoms with Crippen LogP contribution in [0.15, 0.2) is 60.8 Å². The average molecular weight is 825 g/mol. The van der Waals surface area contributed by atoms with Gasteiger partial charge in [-0.2, -0.15) is 0 Å². The van der Waals surface area contributed by atoms with Crippen molar-refractivity contribution < 1.29 is 47.2 Å². The van der Waals surface area contributed by atoms with Gasteiger partial charge in [0, 0.05) is 12.8 Å². The zero-order valence-corrected chi connectivity index (χ0v) is 37.6. The van der Waals surface area contributed by atoms with Gasteiger partial charge in [0.2, 0.25) is 0 Å². The van der Waals surface area contributed by atoms with Crippen LogP contribution < -0.4 is 0 Å². The Morgan fingerprint density at radius 1 is 0.632 bits per heavy atom. The number of nitrogens with zero attached hydrogens (tertiary/aromatic N) is 1. The van der Waals surface area contributed by atoms with Gasteiger partial charge in [0.25, 0.3) is 0 Å². The summed E-state index contributed by atoms with van der Waals surface area (Å²) in [5, 5.41) is 10.1. The van der Waals surface area contributed by atoms with Gasteiger partial charge in [-0.15, -0.1) is 0 Å². The van der Waals surface area contributed by atoms with Crippen molar-refractivity contribution in [1.29, 1.82) is 0 Å². The Kier molecular flexibility index (Phi) is 36.4. The highest BCUT2D eigenvalue weighted by molar-refractivity contribution is 7.47. The predicted octanol–water partition coefficient (Wildman–Crippen LogP) is 11.4. The normalized spacial score (nSPS) is 14.7. The van der Waals surface area contributed by atoms with E-state index < -0.39 is 38.6 Å². The van der Waals surface area contributed by atoms with E-state index in [0.717, 1.165) is 38.5 Å². The molecule has 2 unspecified atom stereocenters. The molecule has 10 nitrogen and oxygen atoms in total.